The quantitative estimate of drug-likeness (QED) is 0.693. The van der Waals surface area contributed by atoms with E-state index in [2.05, 4.69) is 0 Å². The number of thioether (sulfide) groups is 1. The molecular formula is C8H15NO2S. The highest BCUT2D eigenvalue weighted by Crippen LogP contribution is 2.30. The van der Waals surface area contributed by atoms with Crippen LogP contribution < -0.4 is 5.73 Å². The first-order valence-electron chi connectivity index (χ1n) is 4.30. The molecule has 0 radical (unpaired) electrons. The molecule has 0 bridgehead atoms. The summed E-state index contributed by atoms with van der Waals surface area (Å²) >= 11 is 1.76. The first-order valence-corrected chi connectivity index (χ1v) is 5.35. The van der Waals surface area contributed by atoms with E-state index >= 15 is 0 Å². The van der Waals surface area contributed by atoms with Gasteiger partial charge in [0.1, 0.15) is 0 Å². The van der Waals surface area contributed by atoms with Crippen LogP contribution in [0.4, 0.5) is 0 Å². The van der Waals surface area contributed by atoms with Gasteiger partial charge in [-0.05, 0) is 18.6 Å². The molecule has 1 fully saturated rings. The van der Waals surface area contributed by atoms with Crippen molar-refractivity contribution in [1.82, 2.24) is 0 Å². The van der Waals surface area contributed by atoms with Crippen LogP contribution in [0.5, 0.6) is 0 Å². The minimum Gasteiger partial charge on any atom is -0.481 e. The largest absolute Gasteiger partial charge is 0.481 e. The Labute approximate surface area is 76.7 Å². The van der Waals surface area contributed by atoms with E-state index < -0.39 is 5.97 Å². The van der Waals surface area contributed by atoms with Gasteiger partial charge in [0.25, 0.3) is 0 Å². The van der Waals surface area contributed by atoms with Gasteiger partial charge >= 0.3 is 5.97 Å². The standard InChI is InChI=1S/C8H15NO2S/c9-5-6(8(10)11)7-3-1-2-4-12-7/h6-7H,1-5,9H2,(H,10,11). The summed E-state index contributed by atoms with van der Waals surface area (Å²) in [6.07, 6.45) is 3.39. The smallest absolute Gasteiger partial charge is 0.308 e. The van der Waals surface area contributed by atoms with Gasteiger partial charge in [0, 0.05) is 11.8 Å². The number of rotatable bonds is 3. The fourth-order valence-corrected chi connectivity index (χ4v) is 2.96. The summed E-state index contributed by atoms with van der Waals surface area (Å²) in [7, 11) is 0. The van der Waals surface area contributed by atoms with Crippen molar-refractivity contribution < 1.29 is 9.90 Å². The zero-order valence-electron chi connectivity index (χ0n) is 7.03. The van der Waals surface area contributed by atoms with Gasteiger partial charge in [-0.2, -0.15) is 11.8 Å². The molecule has 1 saturated heterocycles. The van der Waals surface area contributed by atoms with Crippen LogP contribution in [0.15, 0.2) is 0 Å². The third-order valence-corrected chi connectivity index (χ3v) is 3.75. The van der Waals surface area contributed by atoms with Crippen molar-refractivity contribution in [1.29, 1.82) is 0 Å². The molecule has 12 heavy (non-hydrogen) atoms. The molecule has 2 unspecified atom stereocenters. The van der Waals surface area contributed by atoms with Crippen LogP contribution in [0.1, 0.15) is 19.3 Å². The van der Waals surface area contributed by atoms with Gasteiger partial charge in [-0.3, -0.25) is 4.79 Å². The first-order chi connectivity index (χ1) is 5.75. The number of nitrogens with two attached hydrogens (primary N) is 1. The molecule has 70 valence electrons. The van der Waals surface area contributed by atoms with Crippen molar-refractivity contribution in [3.05, 3.63) is 0 Å². The Morgan fingerprint density at radius 1 is 1.67 bits per heavy atom. The molecule has 3 N–H and O–H groups in total. The highest BCUT2D eigenvalue weighted by atomic mass is 32.2. The van der Waals surface area contributed by atoms with E-state index in [9.17, 15) is 4.79 Å². The normalized spacial score (nSPS) is 26.6. The van der Waals surface area contributed by atoms with Crippen molar-refractivity contribution in [2.75, 3.05) is 12.3 Å². The number of carbonyl (C=O) groups is 1. The zero-order valence-corrected chi connectivity index (χ0v) is 7.85. The van der Waals surface area contributed by atoms with Crippen molar-refractivity contribution in [3.8, 4) is 0 Å². The molecule has 0 aromatic heterocycles. The summed E-state index contributed by atoms with van der Waals surface area (Å²) in [6, 6.07) is 0. The van der Waals surface area contributed by atoms with Gasteiger partial charge in [-0.15, -0.1) is 0 Å². The van der Waals surface area contributed by atoms with Gasteiger partial charge in [0.15, 0.2) is 0 Å². The summed E-state index contributed by atoms with van der Waals surface area (Å²) in [5.41, 5.74) is 5.41. The second-order valence-corrected chi connectivity index (χ2v) is 4.43. The van der Waals surface area contributed by atoms with E-state index in [4.69, 9.17) is 10.8 Å². The molecule has 0 aromatic carbocycles. The summed E-state index contributed by atoms with van der Waals surface area (Å²) in [6.45, 7) is 0.271. The van der Waals surface area contributed by atoms with Gasteiger partial charge in [0.05, 0.1) is 5.92 Å². The zero-order chi connectivity index (χ0) is 8.97. The number of carboxylic acid groups (broad SMARTS) is 1. The Morgan fingerprint density at radius 2 is 2.42 bits per heavy atom. The molecular weight excluding hydrogens is 174 g/mol. The lowest BCUT2D eigenvalue weighted by molar-refractivity contribution is -0.141. The Kier molecular flexibility index (Phi) is 3.88. The Morgan fingerprint density at radius 3 is 2.83 bits per heavy atom. The van der Waals surface area contributed by atoms with E-state index in [1.165, 1.54) is 6.42 Å². The van der Waals surface area contributed by atoms with E-state index in [1.807, 2.05) is 0 Å². The number of carboxylic acids is 1. The molecule has 1 aliphatic heterocycles. The Bertz CT molecular complexity index is 157. The molecule has 0 aliphatic carbocycles. The fourth-order valence-electron chi connectivity index (χ4n) is 1.49. The highest BCUT2D eigenvalue weighted by molar-refractivity contribution is 8.00. The van der Waals surface area contributed by atoms with Crippen LogP contribution in [-0.2, 0) is 4.79 Å². The third-order valence-electron chi connectivity index (χ3n) is 2.23. The molecule has 4 heteroatoms. The number of aliphatic carboxylic acids is 1. The van der Waals surface area contributed by atoms with Gasteiger partial charge < -0.3 is 10.8 Å². The maximum atomic E-state index is 10.7. The molecule has 2 atom stereocenters. The predicted octanol–water partition coefficient (Wildman–Crippen LogP) is 0.932. The summed E-state index contributed by atoms with van der Waals surface area (Å²) in [4.78, 5) is 10.7. The van der Waals surface area contributed by atoms with Gasteiger partial charge in [-0.25, -0.2) is 0 Å². The van der Waals surface area contributed by atoms with Crippen LogP contribution in [0.25, 0.3) is 0 Å². The molecule has 1 heterocycles. The summed E-state index contributed by atoms with van der Waals surface area (Å²) in [5, 5.41) is 9.08. The lowest BCUT2D eigenvalue weighted by Gasteiger charge is -2.25. The van der Waals surface area contributed by atoms with E-state index in [0.717, 1.165) is 18.6 Å². The SMILES string of the molecule is NCC(C(=O)O)C1CCCCS1. The summed E-state index contributed by atoms with van der Waals surface area (Å²) in [5.74, 6) is 0.0150. The summed E-state index contributed by atoms with van der Waals surface area (Å²) < 4.78 is 0. The van der Waals surface area contributed by atoms with Crippen LogP contribution >= 0.6 is 11.8 Å². The lowest BCUT2D eigenvalue weighted by atomic mass is 10.0. The average molecular weight is 189 g/mol. The van der Waals surface area contributed by atoms with Gasteiger partial charge in [-0.1, -0.05) is 6.42 Å². The van der Waals surface area contributed by atoms with Gasteiger partial charge in [0.2, 0.25) is 0 Å². The fraction of sp³-hybridized carbons (Fsp3) is 0.875. The molecule has 1 rings (SSSR count). The minimum absolute atomic E-state index is 0.251. The number of hydrogen-bond acceptors (Lipinski definition) is 3. The second kappa shape index (κ2) is 4.72. The third kappa shape index (κ3) is 2.38. The topological polar surface area (TPSA) is 63.3 Å². The van der Waals surface area contributed by atoms with E-state index in [-0.39, 0.29) is 17.7 Å². The average Bonchev–Trinajstić information content (AvgIpc) is 2.07. The monoisotopic (exact) mass is 189 g/mol. The highest BCUT2D eigenvalue weighted by Gasteiger charge is 2.28. The van der Waals surface area contributed by atoms with Crippen molar-refractivity contribution in [2.24, 2.45) is 11.7 Å². The van der Waals surface area contributed by atoms with E-state index in [0.29, 0.717) is 0 Å². The second-order valence-electron chi connectivity index (χ2n) is 3.09. The maximum absolute atomic E-state index is 10.7. The molecule has 0 spiro atoms. The molecule has 0 saturated carbocycles. The number of hydrogen-bond donors (Lipinski definition) is 2. The predicted molar refractivity (Wildman–Crippen MR) is 50.3 cm³/mol. The molecule has 1 aliphatic rings. The van der Waals surface area contributed by atoms with Crippen LogP contribution in [-0.4, -0.2) is 28.6 Å². The van der Waals surface area contributed by atoms with Crippen molar-refractivity contribution in [3.63, 3.8) is 0 Å². The van der Waals surface area contributed by atoms with Crippen LogP contribution in [0.3, 0.4) is 0 Å². The minimum atomic E-state index is -0.739. The molecule has 0 amide bonds. The van der Waals surface area contributed by atoms with Crippen LogP contribution in [0.2, 0.25) is 0 Å². The molecule has 3 nitrogen and oxygen atoms in total. The first kappa shape index (κ1) is 9.86. The maximum Gasteiger partial charge on any atom is 0.308 e. The van der Waals surface area contributed by atoms with Crippen molar-refractivity contribution in [2.45, 2.75) is 24.5 Å². The van der Waals surface area contributed by atoms with Crippen molar-refractivity contribution >= 4 is 17.7 Å². The Balaban J connectivity index is 2.46. The molecule has 0 aromatic rings. The van der Waals surface area contributed by atoms with Crippen LogP contribution in [0, 0.1) is 5.92 Å². The van der Waals surface area contributed by atoms with E-state index in [1.54, 1.807) is 11.8 Å². The Hall–Kier alpha value is -0.220. The lowest BCUT2D eigenvalue weighted by Crippen LogP contribution is -2.34.